The Morgan fingerprint density at radius 2 is 1.95 bits per heavy atom. The Bertz CT molecular complexity index is 436. The molecule has 1 aromatic rings. The van der Waals surface area contributed by atoms with Gasteiger partial charge in [-0.1, -0.05) is 44.2 Å². The van der Waals surface area contributed by atoms with Gasteiger partial charge in [0.2, 0.25) is 0 Å². The highest BCUT2D eigenvalue weighted by Gasteiger charge is 2.40. The van der Waals surface area contributed by atoms with Gasteiger partial charge >= 0.3 is 0 Å². The van der Waals surface area contributed by atoms with Crippen molar-refractivity contribution in [2.45, 2.75) is 45.2 Å². The molecule has 2 rings (SSSR count). The topological polar surface area (TPSA) is 15.3 Å². The number of halogens is 2. The van der Waals surface area contributed by atoms with Crippen molar-refractivity contribution < 1.29 is 8.78 Å². The molecule has 0 bridgehead atoms. The normalized spacial score (nSPS) is 27.5. The number of piperazine rings is 1. The molecule has 118 valence electrons. The van der Waals surface area contributed by atoms with Gasteiger partial charge < -0.3 is 5.32 Å². The summed E-state index contributed by atoms with van der Waals surface area (Å²) in [6.07, 6.45) is -1.28. The van der Waals surface area contributed by atoms with Crippen molar-refractivity contribution in [1.29, 1.82) is 0 Å². The fourth-order valence-electron chi connectivity index (χ4n) is 3.24. The predicted octanol–water partition coefficient (Wildman–Crippen LogP) is 3.49. The molecule has 0 radical (unpaired) electrons. The van der Waals surface area contributed by atoms with Gasteiger partial charge in [0.25, 0.3) is 6.43 Å². The minimum absolute atomic E-state index is 0.165. The van der Waals surface area contributed by atoms with Crippen molar-refractivity contribution in [2.24, 2.45) is 5.92 Å². The van der Waals surface area contributed by atoms with E-state index < -0.39 is 6.43 Å². The molecule has 1 aromatic carbocycles. The highest BCUT2D eigenvalue weighted by Crippen LogP contribution is 2.32. The third-order valence-electron chi connectivity index (χ3n) is 4.38. The molecule has 0 aromatic heterocycles. The zero-order valence-electron chi connectivity index (χ0n) is 13.2. The van der Waals surface area contributed by atoms with Crippen LogP contribution in [0.3, 0.4) is 0 Å². The lowest BCUT2D eigenvalue weighted by Crippen LogP contribution is -2.62. The SMILES string of the molecule is CC(C)CC1CN(CC(F)F)C(C)(c2ccccc2)CN1. The van der Waals surface area contributed by atoms with Gasteiger partial charge in [-0.05, 0) is 24.8 Å². The van der Waals surface area contributed by atoms with Crippen molar-refractivity contribution in [3.8, 4) is 0 Å². The van der Waals surface area contributed by atoms with Gasteiger partial charge in [-0.3, -0.25) is 4.90 Å². The molecule has 1 aliphatic rings. The minimum atomic E-state index is -2.30. The maximum Gasteiger partial charge on any atom is 0.251 e. The van der Waals surface area contributed by atoms with E-state index in [9.17, 15) is 8.78 Å². The van der Waals surface area contributed by atoms with Crippen LogP contribution in [0.4, 0.5) is 8.78 Å². The van der Waals surface area contributed by atoms with E-state index in [1.54, 1.807) is 0 Å². The maximum atomic E-state index is 13.0. The molecular formula is C17H26F2N2. The first-order chi connectivity index (χ1) is 9.91. The van der Waals surface area contributed by atoms with Crippen LogP contribution in [0.1, 0.15) is 32.8 Å². The Hall–Kier alpha value is -1.00. The fourth-order valence-corrected chi connectivity index (χ4v) is 3.24. The molecule has 0 spiro atoms. The quantitative estimate of drug-likeness (QED) is 0.895. The molecule has 1 heterocycles. The zero-order chi connectivity index (χ0) is 15.5. The molecule has 1 aliphatic heterocycles. The Kier molecular flexibility index (Phi) is 5.33. The lowest BCUT2D eigenvalue weighted by molar-refractivity contribution is -0.00657. The van der Waals surface area contributed by atoms with E-state index in [2.05, 4.69) is 26.1 Å². The lowest BCUT2D eigenvalue weighted by atomic mass is 9.85. The summed E-state index contributed by atoms with van der Waals surface area (Å²) in [6, 6.07) is 10.3. The summed E-state index contributed by atoms with van der Waals surface area (Å²) in [5.74, 6) is 0.567. The molecule has 0 aliphatic carbocycles. The lowest BCUT2D eigenvalue weighted by Gasteiger charge is -2.48. The fraction of sp³-hybridized carbons (Fsp3) is 0.647. The standard InChI is InChI=1S/C17H26F2N2/c1-13(2)9-15-10-21(11-16(18)19)17(3,12-20-15)14-7-5-4-6-8-14/h4-8,13,15-16,20H,9-12H2,1-3H3. The van der Waals surface area contributed by atoms with Crippen LogP contribution in [-0.2, 0) is 5.54 Å². The summed E-state index contributed by atoms with van der Waals surface area (Å²) >= 11 is 0. The number of benzene rings is 1. The minimum Gasteiger partial charge on any atom is -0.311 e. The second kappa shape index (κ2) is 6.84. The second-order valence-electron chi connectivity index (χ2n) is 6.64. The van der Waals surface area contributed by atoms with Crippen molar-refractivity contribution in [2.75, 3.05) is 19.6 Å². The smallest absolute Gasteiger partial charge is 0.251 e. The predicted molar refractivity (Wildman–Crippen MR) is 82.6 cm³/mol. The summed E-state index contributed by atoms with van der Waals surface area (Å²) in [5.41, 5.74) is 0.728. The maximum absolute atomic E-state index is 13.0. The van der Waals surface area contributed by atoms with E-state index in [4.69, 9.17) is 0 Å². The summed E-state index contributed by atoms with van der Waals surface area (Å²) in [4.78, 5) is 1.95. The average molecular weight is 296 g/mol. The molecule has 1 saturated heterocycles. The van der Waals surface area contributed by atoms with Gasteiger partial charge in [-0.25, -0.2) is 8.78 Å². The molecule has 1 N–H and O–H groups in total. The summed E-state index contributed by atoms with van der Waals surface area (Å²) in [6.45, 7) is 7.62. The van der Waals surface area contributed by atoms with E-state index in [0.29, 0.717) is 25.0 Å². The number of nitrogens with zero attached hydrogens (tertiary/aromatic N) is 1. The molecule has 21 heavy (non-hydrogen) atoms. The van der Waals surface area contributed by atoms with E-state index in [1.807, 2.05) is 35.2 Å². The monoisotopic (exact) mass is 296 g/mol. The zero-order valence-corrected chi connectivity index (χ0v) is 13.2. The Morgan fingerprint density at radius 1 is 1.29 bits per heavy atom. The molecule has 2 atom stereocenters. The van der Waals surface area contributed by atoms with Crippen LogP contribution in [0.5, 0.6) is 0 Å². The summed E-state index contributed by atoms with van der Waals surface area (Å²) in [7, 11) is 0. The largest absolute Gasteiger partial charge is 0.311 e. The molecule has 0 saturated carbocycles. The first-order valence-corrected chi connectivity index (χ1v) is 7.74. The molecule has 1 fully saturated rings. The van der Waals surface area contributed by atoms with Crippen molar-refractivity contribution in [3.05, 3.63) is 35.9 Å². The van der Waals surface area contributed by atoms with Crippen LogP contribution < -0.4 is 5.32 Å². The van der Waals surface area contributed by atoms with Crippen LogP contribution >= 0.6 is 0 Å². The van der Waals surface area contributed by atoms with E-state index in [-0.39, 0.29) is 12.1 Å². The molecule has 2 unspecified atom stereocenters. The van der Waals surface area contributed by atoms with Gasteiger partial charge in [-0.2, -0.15) is 0 Å². The van der Waals surface area contributed by atoms with Crippen molar-refractivity contribution in [3.63, 3.8) is 0 Å². The average Bonchev–Trinajstić information content (AvgIpc) is 2.42. The van der Waals surface area contributed by atoms with E-state index in [1.165, 1.54) is 0 Å². The number of hydrogen-bond donors (Lipinski definition) is 1. The van der Waals surface area contributed by atoms with Crippen LogP contribution in [0, 0.1) is 5.92 Å². The Labute approximate surface area is 126 Å². The van der Waals surface area contributed by atoms with Crippen molar-refractivity contribution in [1.82, 2.24) is 10.2 Å². The van der Waals surface area contributed by atoms with Gasteiger partial charge in [0.1, 0.15) is 0 Å². The number of nitrogens with one attached hydrogen (secondary N) is 1. The number of rotatable bonds is 5. The van der Waals surface area contributed by atoms with Crippen LogP contribution in [0.25, 0.3) is 0 Å². The molecule has 2 nitrogen and oxygen atoms in total. The summed E-state index contributed by atoms with van der Waals surface area (Å²) in [5, 5.41) is 3.56. The first kappa shape index (κ1) is 16.4. The van der Waals surface area contributed by atoms with Gasteiger partial charge in [-0.15, -0.1) is 0 Å². The van der Waals surface area contributed by atoms with Crippen LogP contribution in [-0.4, -0.2) is 37.0 Å². The van der Waals surface area contributed by atoms with Crippen LogP contribution in [0.15, 0.2) is 30.3 Å². The molecular weight excluding hydrogens is 270 g/mol. The summed E-state index contributed by atoms with van der Waals surface area (Å²) < 4.78 is 26.0. The van der Waals surface area contributed by atoms with Gasteiger partial charge in [0.15, 0.2) is 0 Å². The third kappa shape index (κ3) is 4.01. The Morgan fingerprint density at radius 3 is 2.52 bits per heavy atom. The Balaban J connectivity index is 2.20. The number of hydrogen-bond acceptors (Lipinski definition) is 2. The third-order valence-corrected chi connectivity index (χ3v) is 4.38. The highest BCUT2D eigenvalue weighted by atomic mass is 19.3. The van der Waals surface area contributed by atoms with Gasteiger partial charge in [0.05, 0.1) is 12.1 Å². The van der Waals surface area contributed by atoms with E-state index in [0.717, 1.165) is 12.0 Å². The van der Waals surface area contributed by atoms with Gasteiger partial charge in [0, 0.05) is 19.1 Å². The second-order valence-corrected chi connectivity index (χ2v) is 6.64. The highest BCUT2D eigenvalue weighted by molar-refractivity contribution is 5.25. The molecule has 0 amide bonds. The molecule has 4 heteroatoms. The van der Waals surface area contributed by atoms with Crippen LogP contribution in [0.2, 0.25) is 0 Å². The first-order valence-electron chi connectivity index (χ1n) is 7.74. The van der Waals surface area contributed by atoms with E-state index >= 15 is 0 Å². The number of alkyl halides is 2. The van der Waals surface area contributed by atoms with Crippen molar-refractivity contribution >= 4 is 0 Å².